The average molecular weight is 304 g/mol. The molecule has 0 saturated carbocycles. The van der Waals surface area contributed by atoms with E-state index >= 15 is 0 Å². The molecule has 1 atom stereocenters. The second kappa shape index (κ2) is 7.06. The number of hydrogen-bond donors (Lipinski definition) is 3. The molecule has 1 aliphatic rings. The number of nitrogens with one attached hydrogen (secondary N) is 2. The summed E-state index contributed by atoms with van der Waals surface area (Å²) in [6, 6.07) is 5.09. The summed E-state index contributed by atoms with van der Waals surface area (Å²) in [7, 11) is 0. The third-order valence-corrected chi connectivity index (χ3v) is 3.76. The van der Waals surface area contributed by atoms with Crippen molar-refractivity contribution in [2.24, 2.45) is 5.92 Å². The van der Waals surface area contributed by atoms with Gasteiger partial charge in [0.05, 0.1) is 5.92 Å². The van der Waals surface area contributed by atoms with Gasteiger partial charge in [0.15, 0.2) is 0 Å². The first-order valence-corrected chi connectivity index (χ1v) is 7.45. The van der Waals surface area contributed by atoms with Crippen LogP contribution in [0, 0.1) is 5.92 Å². The lowest BCUT2D eigenvalue weighted by Gasteiger charge is -2.18. The minimum Gasteiger partial charge on any atom is -0.481 e. The molecular formula is C16H20N2O4. The highest BCUT2D eigenvalue weighted by Crippen LogP contribution is 2.23. The minimum atomic E-state index is -0.893. The second-order valence-corrected chi connectivity index (χ2v) is 5.45. The first kappa shape index (κ1) is 16.0. The number of aryl methyl sites for hydroxylation is 1. The predicted molar refractivity (Wildman–Crippen MR) is 81.8 cm³/mol. The normalized spacial score (nSPS) is 14.7. The number of hydrogen-bond acceptors (Lipinski definition) is 3. The minimum absolute atomic E-state index is 0.0198. The Morgan fingerprint density at radius 3 is 2.82 bits per heavy atom. The van der Waals surface area contributed by atoms with Crippen LogP contribution < -0.4 is 10.6 Å². The van der Waals surface area contributed by atoms with E-state index in [0.717, 1.165) is 17.7 Å². The topological polar surface area (TPSA) is 95.5 Å². The Hall–Kier alpha value is -2.37. The number of carbonyl (C=O) groups is 3. The third kappa shape index (κ3) is 3.84. The van der Waals surface area contributed by atoms with Crippen molar-refractivity contribution in [3.63, 3.8) is 0 Å². The number of fused-ring (bicyclic) bond motifs is 1. The molecule has 6 nitrogen and oxygen atoms in total. The summed E-state index contributed by atoms with van der Waals surface area (Å²) >= 11 is 0. The van der Waals surface area contributed by atoms with Crippen molar-refractivity contribution in [2.45, 2.75) is 32.6 Å². The highest BCUT2D eigenvalue weighted by molar-refractivity contribution is 5.98. The molecule has 0 aliphatic carbocycles. The maximum absolute atomic E-state index is 12.1. The lowest BCUT2D eigenvalue weighted by atomic mass is 10.00. The van der Waals surface area contributed by atoms with Crippen LogP contribution in [0.15, 0.2) is 18.2 Å². The Labute approximate surface area is 128 Å². The quantitative estimate of drug-likeness (QED) is 0.746. The Morgan fingerprint density at radius 2 is 2.14 bits per heavy atom. The van der Waals surface area contributed by atoms with E-state index in [1.165, 1.54) is 0 Å². The van der Waals surface area contributed by atoms with E-state index in [0.29, 0.717) is 24.8 Å². The molecule has 1 heterocycles. The van der Waals surface area contributed by atoms with Gasteiger partial charge in [0.25, 0.3) is 5.91 Å². The molecule has 22 heavy (non-hydrogen) atoms. The van der Waals surface area contributed by atoms with E-state index in [9.17, 15) is 14.4 Å². The Balaban J connectivity index is 2.01. The highest BCUT2D eigenvalue weighted by atomic mass is 16.4. The maximum Gasteiger partial charge on any atom is 0.308 e. The van der Waals surface area contributed by atoms with Crippen molar-refractivity contribution >= 4 is 23.5 Å². The van der Waals surface area contributed by atoms with Crippen LogP contribution in [0.4, 0.5) is 5.69 Å². The summed E-state index contributed by atoms with van der Waals surface area (Å²) in [5.74, 6) is -1.77. The first-order valence-electron chi connectivity index (χ1n) is 7.45. The fourth-order valence-electron chi connectivity index (χ4n) is 2.50. The molecule has 0 fully saturated rings. The van der Waals surface area contributed by atoms with Crippen LogP contribution >= 0.6 is 0 Å². The van der Waals surface area contributed by atoms with Crippen molar-refractivity contribution in [3.05, 3.63) is 29.3 Å². The standard InChI is InChI=1S/C16H20N2O4/c1-2-3-12(16(21)22)9-17-15(20)11-4-6-13-10(8-11)5-7-14(19)18-13/h4,6,8,12H,2-3,5,7,9H2,1H3,(H,17,20)(H,18,19)(H,21,22). The SMILES string of the molecule is CCCC(CNC(=O)c1ccc2c(c1)CCC(=O)N2)C(=O)O. The van der Waals surface area contributed by atoms with Gasteiger partial charge in [-0.15, -0.1) is 0 Å². The number of carbonyl (C=O) groups excluding carboxylic acids is 2. The van der Waals surface area contributed by atoms with Crippen LogP contribution in [0.3, 0.4) is 0 Å². The molecule has 2 amide bonds. The summed E-state index contributed by atoms with van der Waals surface area (Å²) in [6.07, 6.45) is 2.31. The lowest BCUT2D eigenvalue weighted by molar-refractivity contribution is -0.141. The molecule has 6 heteroatoms. The van der Waals surface area contributed by atoms with E-state index in [-0.39, 0.29) is 18.4 Å². The molecule has 118 valence electrons. The Bertz CT molecular complexity index is 598. The molecule has 2 rings (SSSR count). The van der Waals surface area contributed by atoms with Gasteiger partial charge in [0, 0.05) is 24.2 Å². The van der Waals surface area contributed by atoms with E-state index < -0.39 is 11.9 Å². The molecule has 0 radical (unpaired) electrons. The largest absolute Gasteiger partial charge is 0.481 e. The second-order valence-electron chi connectivity index (χ2n) is 5.45. The van der Waals surface area contributed by atoms with Crippen molar-refractivity contribution < 1.29 is 19.5 Å². The average Bonchev–Trinajstić information content (AvgIpc) is 2.50. The van der Waals surface area contributed by atoms with Crippen LogP contribution in [-0.2, 0) is 16.0 Å². The van der Waals surface area contributed by atoms with Crippen LogP contribution in [0.25, 0.3) is 0 Å². The van der Waals surface area contributed by atoms with Gasteiger partial charge in [-0.25, -0.2) is 0 Å². The van der Waals surface area contributed by atoms with Crippen LogP contribution in [0.1, 0.15) is 42.1 Å². The number of aliphatic carboxylic acids is 1. The molecule has 0 bridgehead atoms. The molecule has 1 aliphatic heterocycles. The van der Waals surface area contributed by atoms with Gasteiger partial charge in [-0.05, 0) is 36.6 Å². The van der Waals surface area contributed by atoms with Crippen molar-refractivity contribution in [1.82, 2.24) is 5.32 Å². The van der Waals surface area contributed by atoms with Crippen LogP contribution in [-0.4, -0.2) is 29.4 Å². The van der Waals surface area contributed by atoms with Gasteiger partial charge < -0.3 is 15.7 Å². The van der Waals surface area contributed by atoms with Crippen LogP contribution in [0.2, 0.25) is 0 Å². The van der Waals surface area contributed by atoms with Gasteiger partial charge in [0.1, 0.15) is 0 Å². The smallest absolute Gasteiger partial charge is 0.308 e. The molecular weight excluding hydrogens is 284 g/mol. The number of amides is 2. The molecule has 0 aromatic heterocycles. The molecule has 1 unspecified atom stereocenters. The summed E-state index contributed by atoms with van der Waals surface area (Å²) in [4.78, 5) is 34.5. The first-order chi connectivity index (χ1) is 10.5. The summed E-state index contributed by atoms with van der Waals surface area (Å²) in [5, 5.41) is 14.5. The van der Waals surface area contributed by atoms with Gasteiger partial charge in [0.2, 0.25) is 5.91 Å². The fourth-order valence-corrected chi connectivity index (χ4v) is 2.50. The Morgan fingerprint density at radius 1 is 1.36 bits per heavy atom. The summed E-state index contributed by atoms with van der Waals surface area (Å²) < 4.78 is 0. The number of carboxylic acid groups (broad SMARTS) is 1. The predicted octanol–water partition coefficient (Wildman–Crippen LogP) is 1.80. The third-order valence-electron chi connectivity index (χ3n) is 3.76. The van der Waals surface area contributed by atoms with E-state index in [4.69, 9.17) is 5.11 Å². The highest BCUT2D eigenvalue weighted by Gasteiger charge is 2.19. The van der Waals surface area contributed by atoms with Crippen molar-refractivity contribution in [1.29, 1.82) is 0 Å². The monoisotopic (exact) mass is 304 g/mol. The van der Waals surface area contributed by atoms with Gasteiger partial charge in [-0.1, -0.05) is 13.3 Å². The fraction of sp³-hybridized carbons (Fsp3) is 0.438. The number of rotatable bonds is 6. The van der Waals surface area contributed by atoms with Crippen molar-refractivity contribution in [2.75, 3.05) is 11.9 Å². The zero-order valence-electron chi connectivity index (χ0n) is 12.5. The molecule has 3 N–H and O–H groups in total. The zero-order valence-corrected chi connectivity index (χ0v) is 12.5. The van der Waals surface area contributed by atoms with Gasteiger partial charge in [-0.3, -0.25) is 14.4 Å². The van der Waals surface area contributed by atoms with Gasteiger partial charge >= 0.3 is 5.97 Å². The van der Waals surface area contributed by atoms with Crippen molar-refractivity contribution in [3.8, 4) is 0 Å². The lowest BCUT2D eigenvalue weighted by Crippen LogP contribution is -2.33. The number of carboxylic acids is 1. The maximum atomic E-state index is 12.1. The van der Waals surface area contributed by atoms with E-state index in [2.05, 4.69) is 10.6 Å². The number of benzene rings is 1. The molecule has 0 spiro atoms. The van der Waals surface area contributed by atoms with E-state index in [1.54, 1.807) is 18.2 Å². The molecule has 1 aromatic carbocycles. The van der Waals surface area contributed by atoms with Gasteiger partial charge in [-0.2, -0.15) is 0 Å². The molecule has 1 aromatic rings. The Kier molecular flexibility index (Phi) is 5.14. The molecule has 0 saturated heterocycles. The van der Waals surface area contributed by atoms with E-state index in [1.807, 2.05) is 6.92 Å². The summed E-state index contributed by atoms with van der Waals surface area (Å²) in [6.45, 7) is 2.03. The number of anilines is 1. The zero-order chi connectivity index (χ0) is 16.1. The summed E-state index contributed by atoms with van der Waals surface area (Å²) in [5.41, 5.74) is 2.15. The van der Waals surface area contributed by atoms with Crippen LogP contribution in [0.5, 0.6) is 0 Å².